The van der Waals surface area contributed by atoms with Crippen molar-refractivity contribution in [3.05, 3.63) is 71.8 Å². The van der Waals surface area contributed by atoms with Crippen LogP contribution in [-0.2, 0) is 0 Å². The first kappa shape index (κ1) is 14.8. The van der Waals surface area contributed by atoms with Gasteiger partial charge in [0.1, 0.15) is 0 Å². The van der Waals surface area contributed by atoms with Gasteiger partial charge in [-0.15, -0.1) is 0 Å². The first-order valence-electron chi connectivity index (χ1n) is 7.96. The molecular formula is C20H26. The number of benzene rings is 2. The zero-order valence-electron chi connectivity index (χ0n) is 12.8. The van der Waals surface area contributed by atoms with E-state index in [0.717, 1.165) is 0 Å². The Morgan fingerprint density at radius 3 is 1.25 bits per heavy atom. The van der Waals surface area contributed by atoms with Crippen LogP contribution in [0.4, 0.5) is 0 Å². The van der Waals surface area contributed by atoms with Gasteiger partial charge < -0.3 is 0 Å². The highest BCUT2D eigenvalue weighted by Gasteiger charge is 2.23. The lowest BCUT2D eigenvalue weighted by Crippen LogP contribution is -2.11. The van der Waals surface area contributed by atoms with Gasteiger partial charge in [0.05, 0.1) is 0 Å². The quantitative estimate of drug-likeness (QED) is 0.563. The van der Waals surface area contributed by atoms with Crippen LogP contribution < -0.4 is 0 Å². The Labute approximate surface area is 123 Å². The van der Waals surface area contributed by atoms with Crippen molar-refractivity contribution < 1.29 is 0 Å². The second-order valence-corrected chi connectivity index (χ2v) is 5.61. The van der Waals surface area contributed by atoms with Crippen molar-refractivity contribution in [1.29, 1.82) is 0 Å². The van der Waals surface area contributed by atoms with E-state index in [4.69, 9.17) is 0 Å². The van der Waals surface area contributed by atoms with E-state index in [1.165, 1.54) is 36.8 Å². The smallest absolute Gasteiger partial charge is 0.00932 e. The maximum atomic E-state index is 2.30. The van der Waals surface area contributed by atoms with Gasteiger partial charge >= 0.3 is 0 Å². The molecule has 0 N–H and O–H groups in total. The predicted molar refractivity (Wildman–Crippen MR) is 88.2 cm³/mol. The molecule has 2 aromatic rings. The van der Waals surface area contributed by atoms with E-state index in [1.807, 2.05) is 0 Å². The Kier molecular flexibility index (Phi) is 5.86. The van der Waals surface area contributed by atoms with E-state index in [-0.39, 0.29) is 0 Å². The largest absolute Gasteiger partial charge is 0.0654 e. The Bertz CT molecular complexity index is 424. The van der Waals surface area contributed by atoms with Crippen LogP contribution in [0.1, 0.15) is 62.5 Å². The van der Waals surface area contributed by atoms with Gasteiger partial charge in [-0.25, -0.2) is 0 Å². The summed E-state index contributed by atoms with van der Waals surface area (Å²) in [5, 5.41) is 0. The Balaban J connectivity index is 2.33. The molecule has 20 heavy (non-hydrogen) atoms. The minimum atomic E-state index is 0.642. The van der Waals surface area contributed by atoms with Crippen LogP contribution in [0.2, 0.25) is 0 Å². The van der Waals surface area contributed by atoms with Gasteiger partial charge in [-0.05, 0) is 35.8 Å². The normalized spacial score (nSPS) is 13.9. The number of hydrogen-bond donors (Lipinski definition) is 0. The molecule has 2 rings (SSSR count). The molecule has 0 unspecified atom stereocenters. The summed E-state index contributed by atoms with van der Waals surface area (Å²) >= 11 is 0. The van der Waals surface area contributed by atoms with Crippen LogP contribution in [0.3, 0.4) is 0 Å². The molecule has 0 aromatic heterocycles. The van der Waals surface area contributed by atoms with Crippen LogP contribution in [0.15, 0.2) is 60.7 Å². The summed E-state index contributed by atoms with van der Waals surface area (Å²) < 4.78 is 0. The molecule has 0 aliphatic carbocycles. The monoisotopic (exact) mass is 266 g/mol. The highest BCUT2D eigenvalue weighted by atomic mass is 14.3. The lowest BCUT2D eigenvalue weighted by Gasteiger charge is -2.28. The minimum Gasteiger partial charge on any atom is -0.0654 e. The molecule has 2 aromatic carbocycles. The van der Waals surface area contributed by atoms with Crippen LogP contribution in [-0.4, -0.2) is 0 Å². The van der Waals surface area contributed by atoms with Gasteiger partial charge in [-0.3, -0.25) is 0 Å². The maximum absolute atomic E-state index is 2.30. The standard InChI is InChI=1S/C20H26/c1-3-11-19(17-13-7-5-8-14-17)20(12-4-2)18-15-9-6-10-16-18/h5-10,13-16,19-20H,3-4,11-12H2,1-2H3/t19-,20+. The predicted octanol–water partition coefficient (Wildman–Crippen LogP) is 6.15. The minimum absolute atomic E-state index is 0.642. The molecule has 106 valence electrons. The fraction of sp³-hybridized carbons (Fsp3) is 0.400. The highest BCUT2D eigenvalue weighted by molar-refractivity contribution is 5.28. The second-order valence-electron chi connectivity index (χ2n) is 5.61. The van der Waals surface area contributed by atoms with E-state index in [9.17, 15) is 0 Å². The molecule has 0 spiro atoms. The van der Waals surface area contributed by atoms with Gasteiger partial charge in [-0.1, -0.05) is 87.4 Å². The number of hydrogen-bond acceptors (Lipinski definition) is 0. The van der Waals surface area contributed by atoms with E-state index in [1.54, 1.807) is 0 Å². The maximum Gasteiger partial charge on any atom is -0.00932 e. The molecule has 0 aliphatic rings. The van der Waals surface area contributed by atoms with E-state index in [2.05, 4.69) is 74.5 Å². The number of rotatable bonds is 7. The van der Waals surface area contributed by atoms with E-state index < -0.39 is 0 Å². The summed E-state index contributed by atoms with van der Waals surface area (Å²) in [4.78, 5) is 0. The molecule has 0 heterocycles. The summed E-state index contributed by atoms with van der Waals surface area (Å²) in [5.41, 5.74) is 2.99. The summed E-state index contributed by atoms with van der Waals surface area (Å²) in [6.45, 7) is 4.59. The zero-order valence-corrected chi connectivity index (χ0v) is 12.8. The van der Waals surface area contributed by atoms with Crippen molar-refractivity contribution in [3.8, 4) is 0 Å². The van der Waals surface area contributed by atoms with Crippen molar-refractivity contribution in [1.82, 2.24) is 0 Å². The van der Waals surface area contributed by atoms with E-state index in [0.29, 0.717) is 11.8 Å². The summed E-state index contributed by atoms with van der Waals surface area (Å²) in [6, 6.07) is 22.1. The first-order chi connectivity index (χ1) is 9.86. The van der Waals surface area contributed by atoms with Crippen LogP contribution in [0, 0.1) is 0 Å². The van der Waals surface area contributed by atoms with Gasteiger partial charge in [-0.2, -0.15) is 0 Å². The molecule has 0 heteroatoms. The van der Waals surface area contributed by atoms with Crippen molar-refractivity contribution in [2.75, 3.05) is 0 Å². The molecule has 0 saturated carbocycles. The zero-order chi connectivity index (χ0) is 14.2. The molecule has 0 nitrogen and oxygen atoms in total. The highest BCUT2D eigenvalue weighted by Crippen LogP contribution is 2.39. The molecule has 0 aliphatic heterocycles. The van der Waals surface area contributed by atoms with Crippen LogP contribution in [0.25, 0.3) is 0 Å². The van der Waals surface area contributed by atoms with E-state index >= 15 is 0 Å². The lowest BCUT2D eigenvalue weighted by molar-refractivity contribution is 0.468. The van der Waals surface area contributed by atoms with Crippen molar-refractivity contribution in [3.63, 3.8) is 0 Å². The van der Waals surface area contributed by atoms with Gasteiger partial charge in [0.15, 0.2) is 0 Å². The third kappa shape index (κ3) is 3.72. The molecule has 0 saturated heterocycles. The van der Waals surface area contributed by atoms with Crippen molar-refractivity contribution in [2.45, 2.75) is 51.4 Å². The fourth-order valence-corrected chi connectivity index (χ4v) is 3.22. The lowest BCUT2D eigenvalue weighted by atomic mass is 9.77. The third-order valence-electron chi connectivity index (χ3n) is 4.14. The molecule has 0 fully saturated rings. The Hall–Kier alpha value is -1.56. The molecule has 0 radical (unpaired) electrons. The van der Waals surface area contributed by atoms with Gasteiger partial charge in [0, 0.05) is 0 Å². The molecule has 2 atom stereocenters. The van der Waals surface area contributed by atoms with Crippen molar-refractivity contribution in [2.24, 2.45) is 0 Å². The van der Waals surface area contributed by atoms with Crippen molar-refractivity contribution >= 4 is 0 Å². The molecule has 0 bridgehead atoms. The molecular weight excluding hydrogens is 240 g/mol. The Morgan fingerprint density at radius 1 is 0.600 bits per heavy atom. The molecule has 0 amide bonds. The summed E-state index contributed by atoms with van der Waals surface area (Å²) in [5.74, 6) is 1.28. The fourth-order valence-electron chi connectivity index (χ4n) is 3.22. The van der Waals surface area contributed by atoms with Gasteiger partial charge in [0.25, 0.3) is 0 Å². The topological polar surface area (TPSA) is 0 Å². The first-order valence-corrected chi connectivity index (χ1v) is 7.96. The second kappa shape index (κ2) is 7.89. The SMILES string of the molecule is CCC[C@H](c1ccccc1)[C@@H](CCC)c1ccccc1. The Morgan fingerprint density at radius 2 is 0.950 bits per heavy atom. The summed E-state index contributed by atoms with van der Waals surface area (Å²) in [6.07, 6.45) is 5.02. The summed E-state index contributed by atoms with van der Waals surface area (Å²) in [7, 11) is 0. The van der Waals surface area contributed by atoms with Crippen LogP contribution >= 0.6 is 0 Å². The third-order valence-corrected chi connectivity index (χ3v) is 4.14. The average Bonchev–Trinajstić information content (AvgIpc) is 2.52. The van der Waals surface area contributed by atoms with Crippen LogP contribution in [0.5, 0.6) is 0 Å². The van der Waals surface area contributed by atoms with Gasteiger partial charge in [0.2, 0.25) is 0 Å². The average molecular weight is 266 g/mol.